The van der Waals surface area contributed by atoms with Gasteiger partial charge in [0.15, 0.2) is 0 Å². The topological polar surface area (TPSA) is 75.8 Å². The van der Waals surface area contributed by atoms with Crippen LogP contribution in [0.4, 0.5) is 4.79 Å². The monoisotopic (exact) mass is 242 g/mol. The molecule has 1 heterocycles. The van der Waals surface area contributed by atoms with Crippen LogP contribution in [0.3, 0.4) is 0 Å². The predicted octanol–water partition coefficient (Wildman–Crippen LogP) is 0.706. The van der Waals surface area contributed by atoms with E-state index in [1.165, 1.54) is 0 Å². The molecule has 1 spiro atoms. The molecule has 17 heavy (non-hydrogen) atoms. The van der Waals surface area contributed by atoms with E-state index in [2.05, 4.69) is 0 Å². The third-order valence-corrected chi connectivity index (χ3v) is 3.65. The first-order chi connectivity index (χ1) is 7.74. The van der Waals surface area contributed by atoms with Crippen LogP contribution in [0, 0.1) is 5.41 Å². The van der Waals surface area contributed by atoms with E-state index in [0.717, 1.165) is 6.42 Å². The number of carbonyl (C=O) groups is 1. The maximum atomic E-state index is 11.9. The third kappa shape index (κ3) is 2.40. The zero-order valence-electron chi connectivity index (χ0n) is 10.8. The van der Waals surface area contributed by atoms with Crippen LogP contribution < -0.4 is 5.73 Å². The lowest BCUT2D eigenvalue weighted by Gasteiger charge is -2.37. The van der Waals surface area contributed by atoms with Gasteiger partial charge < -0.3 is 20.5 Å². The van der Waals surface area contributed by atoms with Gasteiger partial charge in [0.1, 0.15) is 5.60 Å². The van der Waals surface area contributed by atoms with Crippen molar-refractivity contribution in [2.24, 2.45) is 11.1 Å². The van der Waals surface area contributed by atoms with E-state index in [0.29, 0.717) is 19.5 Å². The first-order valence-electron chi connectivity index (χ1n) is 6.16. The van der Waals surface area contributed by atoms with Gasteiger partial charge in [0.25, 0.3) is 0 Å². The van der Waals surface area contributed by atoms with E-state index in [-0.39, 0.29) is 23.7 Å². The lowest BCUT2D eigenvalue weighted by molar-refractivity contribution is -0.0170. The molecule has 0 aromatic carbocycles. The summed E-state index contributed by atoms with van der Waals surface area (Å²) in [5.74, 6) is 0. The van der Waals surface area contributed by atoms with Crippen molar-refractivity contribution < 1.29 is 14.6 Å². The van der Waals surface area contributed by atoms with E-state index in [9.17, 15) is 9.90 Å². The van der Waals surface area contributed by atoms with Gasteiger partial charge in [-0.1, -0.05) is 0 Å². The summed E-state index contributed by atoms with van der Waals surface area (Å²) in [5, 5.41) is 9.94. The molecule has 3 N–H and O–H groups in total. The van der Waals surface area contributed by atoms with Crippen LogP contribution >= 0.6 is 0 Å². The molecule has 1 amide bonds. The Hall–Kier alpha value is -0.810. The highest BCUT2D eigenvalue weighted by atomic mass is 16.6. The first-order valence-corrected chi connectivity index (χ1v) is 6.16. The van der Waals surface area contributed by atoms with Crippen molar-refractivity contribution >= 4 is 6.09 Å². The highest BCUT2D eigenvalue weighted by molar-refractivity contribution is 5.68. The summed E-state index contributed by atoms with van der Waals surface area (Å²) in [6.07, 6.45) is 0.708. The molecule has 1 aliphatic carbocycles. The normalized spacial score (nSPS) is 37.1. The summed E-state index contributed by atoms with van der Waals surface area (Å²) in [5.41, 5.74) is 5.12. The molecule has 0 aromatic heterocycles. The smallest absolute Gasteiger partial charge is 0.410 e. The molecule has 3 unspecified atom stereocenters. The van der Waals surface area contributed by atoms with Gasteiger partial charge in [0.2, 0.25) is 0 Å². The van der Waals surface area contributed by atoms with Crippen molar-refractivity contribution in [3.05, 3.63) is 0 Å². The molecule has 2 aliphatic rings. The van der Waals surface area contributed by atoms with Gasteiger partial charge in [-0.05, 0) is 33.6 Å². The molecular formula is C12H22N2O3. The summed E-state index contributed by atoms with van der Waals surface area (Å²) in [6.45, 7) is 6.61. The van der Waals surface area contributed by atoms with Gasteiger partial charge in [-0.3, -0.25) is 0 Å². The van der Waals surface area contributed by atoms with Crippen molar-refractivity contribution in [1.82, 2.24) is 4.90 Å². The van der Waals surface area contributed by atoms with Crippen LogP contribution in [0.5, 0.6) is 0 Å². The van der Waals surface area contributed by atoms with Crippen molar-refractivity contribution in [2.45, 2.75) is 51.4 Å². The molecule has 1 saturated heterocycles. The maximum absolute atomic E-state index is 11.9. The van der Waals surface area contributed by atoms with Crippen molar-refractivity contribution in [3.8, 4) is 0 Å². The molecule has 1 saturated carbocycles. The number of likely N-dealkylation sites (tertiary alicyclic amines) is 1. The quantitative estimate of drug-likeness (QED) is 0.656. The highest BCUT2D eigenvalue weighted by Gasteiger charge is 2.60. The molecule has 98 valence electrons. The fraction of sp³-hybridized carbons (Fsp3) is 0.917. The van der Waals surface area contributed by atoms with Gasteiger partial charge in [0, 0.05) is 24.5 Å². The Morgan fingerprint density at radius 1 is 1.53 bits per heavy atom. The number of rotatable bonds is 0. The number of aliphatic hydroxyl groups is 1. The maximum Gasteiger partial charge on any atom is 0.410 e. The molecule has 5 nitrogen and oxygen atoms in total. The van der Waals surface area contributed by atoms with Gasteiger partial charge in [-0.25, -0.2) is 4.79 Å². The largest absolute Gasteiger partial charge is 0.444 e. The molecule has 1 aliphatic heterocycles. The summed E-state index contributed by atoms with van der Waals surface area (Å²) < 4.78 is 5.33. The number of carbonyl (C=O) groups excluding carboxylic acids is 1. The van der Waals surface area contributed by atoms with Crippen LogP contribution in [0.1, 0.15) is 33.6 Å². The lowest BCUT2D eigenvalue weighted by Crippen LogP contribution is -2.50. The van der Waals surface area contributed by atoms with Crippen LogP contribution in [0.2, 0.25) is 0 Å². The first kappa shape index (κ1) is 12.6. The average molecular weight is 242 g/mol. The summed E-state index contributed by atoms with van der Waals surface area (Å²) >= 11 is 0. The van der Waals surface area contributed by atoms with E-state index in [1.807, 2.05) is 20.8 Å². The van der Waals surface area contributed by atoms with Crippen LogP contribution in [0.15, 0.2) is 0 Å². The second-order valence-electron chi connectivity index (χ2n) is 6.25. The minimum absolute atomic E-state index is 0.0164. The number of amides is 1. The SMILES string of the molecule is CC(C)(C)OC(=O)N1CCC(O)C2(CC2N)C1. The summed E-state index contributed by atoms with van der Waals surface area (Å²) in [6, 6.07) is 0.0164. The Balaban J connectivity index is 1.98. The zero-order valence-corrected chi connectivity index (χ0v) is 10.8. The molecule has 2 rings (SSSR count). The van der Waals surface area contributed by atoms with Crippen LogP contribution in [0.25, 0.3) is 0 Å². The van der Waals surface area contributed by atoms with E-state index in [1.54, 1.807) is 4.90 Å². The van der Waals surface area contributed by atoms with E-state index >= 15 is 0 Å². The fourth-order valence-electron chi connectivity index (χ4n) is 2.50. The number of aliphatic hydroxyl groups excluding tert-OH is 1. The second kappa shape index (κ2) is 3.85. The van der Waals surface area contributed by atoms with Crippen molar-refractivity contribution in [1.29, 1.82) is 0 Å². The third-order valence-electron chi connectivity index (χ3n) is 3.65. The minimum atomic E-state index is -0.480. The van der Waals surface area contributed by atoms with Gasteiger partial charge in [-0.2, -0.15) is 0 Å². The average Bonchev–Trinajstić information content (AvgIpc) is 2.80. The Kier molecular flexibility index (Phi) is 2.86. The second-order valence-corrected chi connectivity index (χ2v) is 6.25. The standard InChI is InChI=1S/C12H22N2O3/c1-11(2,3)17-10(16)14-5-4-9(15)12(7-14)6-8(12)13/h8-9,15H,4-7,13H2,1-3H3. The fourth-order valence-corrected chi connectivity index (χ4v) is 2.50. The number of piperidine rings is 1. The van der Waals surface area contributed by atoms with E-state index in [4.69, 9.17) is 10.5 Å². The zero-order chi connectivity index (χ0) is 12.8. The van der Waals surface area contributed by atoms with Gasteiger partial charge in [-0.15, -0.1) is 0 Å². The van der Waals surface area contributed by atoms with Crippen molar-refractivity contribution in [2.75, 3.05) is 13.1 Å². The number of hydrogen-bond acceptors (Lipinski definition) is 4. The Labute approximate surface area is 102 Å². The Morgan fingerprint density at radius 3 is 2.59 bits per heavy atom. The molecule has 0 radical (unpaired) electrons. The minimum Gasteiger partial charge on any atom is -0.444 e. The summed E-state index contributed by atoms with van der Waals surface area (Å²) in [4.78, 5) is 13.6. The Bertz CT molecular complexity index is 326. The molecule has 0 bridgehead atoms. The number of nitrogens with zero attached hydrogens (tertiary/aromatic N) is 1. The predicted molar refractivity (Wildman–Crippen MR) is 63.5 cm³/mol. The lowest BCUT2D eigenvalue weighted by atomic mass is 9.91. The molecular weight excluding hydrogens is 220 g/mol. The molecule has 5 heteroatoms. The molecule has 2 fully saturated rings. The molecule has 3 atom stereocenters. The number of ether oxygens (including phenoxy) is 1. The van der Waals surface area contributed by atoms with Gasteiger partial charge >= 0.3 is 6.09 Å². The Morgan fingerprint density at radius 2 is 2.12 bits per heavy atom. The number of nitrogens with two attached hydrogens (primary N) is 1. The summed E-state index contributed by atoms with van der Waals surface area (Å²) in [7, 11) is 0. The highest BCUT2D eigenvalue weighted by Crippen LogP contribution is 2.51. The van der Waals surface area contributed by atoms with Crippen LogP contribution in [-0.4, -0.2) is 46.9 Å². The molecule has 0 aromatic rings. The van der Waals surface area contributed by atoms with E-state index < -0.39 is 5.60 Å². The van der Waals surface area contributed by atoms with Crippen LogP contribution in [-0.2, 0) is 4.74 Å². The van der Waals surface area contributed by atoms with Gasteiger partial charge in [0.05, 0.1) is 6.10 Å². The number of hydrogen-bond donors (Lipinski definition) is 2. The van der Waals surface area contributed by atoms with Crippen molar-refractivity contribution in [3.63, 3.8) is 0 Å².